The molecule has 2 aliphatic heterocycles. The van der Waals surface area contributed by atoms with Crippen molar-refractivity contribution in [2.75, 3.05) is 26.2 Å². The van der Waals surface area contributed by atoms with E-state index in [0.29, 0.717) is 38.8 Å². The van der Waals surface area contributed by atoms with Crippen molar-refractivity contribution in [1.82, 2.24) is 8.61 Å². The van der Waals surface area contributed by atoms with Crippen LogP contribution in [0.4, 0.5) is 0 Å². The maximum absolute atomic E-state index is 12.9. The number of piperidine rings is 2. The van der Waals surface area contributed by atoms with Crippen molar-refractivity contribution in [2.24, 2.45) is 11.7 Å². The van der Waals surface area contributed by atoms with E-state index >= 15 is 0 Å². The second-order valence-corrected chi connectivity index (χ2v) is 7.86. The van der Waals surface area contributed by atoms with Crippen LogP contribution in [-0.2, 0) is 24.5 Å². The van der Waals surface area contributed by atoms with Gasteiger partial charge in [0.05, 0.1) is 12.5 Å². The highest BCUT2D eigenvalue weighted by Gasteiger charge is 2.42. The molecule has 2 N–H and O–H groups in total. The van der Waals surface area contributed by atoms with E-state index in [1.807, 2.05) is 0 Å². The lowest BCUT2D eigenvalue weighted by Gasteiger charge is -2.39. The van der Waals surface area contributed by atoms with Crippen LogP contribution in [0.5, 0.6) is 0 Å². The number of hydrogen-bond donors (Lipinski definition) is 1. The number of ether oxygens (including phenoxy) is 1. The van der Waals surface area contributed by atoms with Gasteiger partial charge < -0.3 is 10.5 Å². The van der Waals surface area contributed by atoms with E-state index in [4.69, 9.17) is 10.5 Å². The van der Waals surface area contributed by atoms with Crippen LogP contribution in [0.15, 0.2) is 0 Å². The third-order valence-corrected chi connectivity index (χ3v) is 6.44. The number of primary amides is 1. The van der Waals surface area contributed by atoms with Crippen molar-refractivity contribution in [2.45, 2.75) is 45.1 Å². The number of amides is 1. The molecule has 2 atom stereocenters. The van der Waals surface area contributed by atoms with Crippen LogP contribution in [0.3, 0.4) is 0 Å². The molecule has 132 valence electrons. The van der Waals surface area contributed by atoms with Crippen molar-refractivity contribution in [1.29, 1.82) is 0 Å². The topological polar surface area (TPSA) is 110 Å². The molecule has 2 fully saturated rings. The fourth-order valence-electron chi connectivity index (χ4n) is 3.19. The van der Waals surface area contributed by atoms with Crippen LogP contribution in [0.2, 0.25) is 0 Å². The van der Waals surface area contributed by atoms with Crippen LogP contribution in [0, 0.1) is 5.92 Å². The summed E-state index contributed by atoms with van der Waals surface area (Å²) in [6.45, 7) is 2.64. The second kappa shape index (κ2) is 7.59. The van der Waals surface area contributed by atoms with Crippen LogP contribution in [-0.4, -0.2) is 61.2 Å². The van der Waals surface area contributed by atoms with Gasteiger partial charge in [0.2, 0.25) is 5.91 Å². The van der Waals surface area contributed by atoms with E-state index in [2.05, 4.69) is 0 Å². The van der Waals surface area contributed by atoms with Gasteiger partial charge in [-0.05, 0) is 39.0 Å². The summed E-state index contributed by atoms with van der Waals surface area (Å²) in [5.41, 5.74) is 5.32. The van der Waals surface area contributed by atoms with Crippen molar-refractivity contribution in [3.8, 4) is 0 Å². The van der Waals surface area contributed by atoms with Gasteiger partial charge in [-0.2, -0.15) is 17.0 Å². The maximum atomic E-state index is 12.9. The van der Waals surface area contributed by atoms with Gasteiger partial charge in [-0.25, -0.2) is 0 Å². The lowest BCUT2D eigenvalue weighted by molar-refractivity contribution is -0.148. The molecule has 2 rings (SSSR count). The van der Waals surface area contributed by atoms with Crippen LogP contribution >= 0.6 is 0 Å². The van der Waals surface area contributed by atoms with E-state index < -0.39 is 34.0 Å². The molecule has 23 heavy (non-hydrogen) atoms. The molecule has 8 nitrogen and oxygen atoms in total. The van der Waals surface area contributed by atoms with Gasteiger partial charge in [-0.3, -0.25) is 9.59 Å². The molecule has 1 amide bonds. The van der Waals surface area contributed by atoms with E-state index in [9.17, 15) is 18.0 Å². The zero-order chi connectivity index (χ0) is 17.0. The summed E-state index contributed by atoms with van der Waals surface area (Å²) in [6, 6.07) is -0.775. The van der Waals surface area contributed by atoms with Gasteiger partial charge in [0.25, 0.3) is 10.2 Å². The lowest BCUT2D eigenvalue weighted by Crippen LogP contribution is -2.56. The summed E-state index contributed by atoms with van der Waals surface area (Å²) in [4.78, 5) is 23.5. The molecule has 0 aromatic heterocycles. The Bertz CT molecular complexity index is 551. The van der Waals surface area contributed by atoms with E-state index in [0.717, 1.165) is 6.42 Å². The van der Waals surface area contributed by atoms with Crippen LogP contribution in [0.25, 0.3) is 0 Å². The predicted molar refractivity (Wildman–Crippen MR) is 83.4 cm³/mol. The quantitative estimate of drug-likeness (QED) is 0.695. The number of carbonyl (C=O) groups excluding carboxylic acids is 2. The van der Waals surface area contributed by atoms with Gasteiger partial charge in [-0.1, -0.05) is 0 Å². The summed E-state index contributed by atoms with van der Waals surface area (Å²) in [5, 5.41) is 0. The molecule has 0 aromatic rings. The minimum atomic E-state index is -3.81. The van der Waals surface area contributed by atoms with Crippen LogP contribution < -0.4 is 5.73 Å². The van der Waals surface area contributed by atoms with Gasteiger partial charge in [0, 0.05) is 19.6 Å². The maximum Gasteiger partial charge on any atom is 0.324 e. The fourth-order valence-corrected chi connectivity index (χ4v) is 5.09. The first-order chi connectivity index (χ1) is 10.9. The van der Waals surface area contributed by atoms with Crippen molar-refractivity contribution >= 4 is 22.1 Å². The first-order valence-electron chi connectivity index (χ1n) is 8.10. The molecule has 0 unspecified atom stereocenters. The van der Waals surface area contributed by atoms with Gasteiger partial charge in [-0.15, -0.1) is 0 Å². The molecule has 0 radical (unpaired) electrons. The average Bonchev–Trinajstić information content (AvgIpc) is 2.55. The Labute approximate surface area is 137 Å². The van der Waals surface area contributed by atoms with Crippen molar-refractivity contribution < 1.29 is 22.7 Å². The molecule has 2 saturated heterocycles. The monoisotopic (exact) mass is 347 g/mol. The van der Waals surface area contributed by atoms with E-state index in [-0.39, 0.29) is 13.2 Å². The Hall–Kier alpha value is -1.19. The first-order valence-corrected chi connectivity index (χ1v) is 9.50. The molecule has 2 heterocycles. The smallest absolute Gasteiger partial charge is 0.324 e. The van der Waals surface area contributed by atoms with E-state index in [1.54, 1.807) is 6.92 Å². The third kappa shape index (κ3) is 4.02. The number of nitrogens with two attached hydrogens (primary N) is 1. The Morgan fingerprint density at radius 1 is 1.17 bits per heavy atom. The zero-order valence-corrected chi connectivity index (χ0v) is 14.3. The summed E-state index contributed by atoms with van der Waals surface area (Å²) in [7, 11) is -3.81. The average molecular weight is 347 g/mol. The standard InChI is InChI=1S/C14H25N3O5S/c1-2-22-14(19)12-7-3-4-9-17(12)23(20,21)16-8-5-6-11(10-16)13(15)18/h11-12H,2-10H2,1H3,(H2,15,18)/t11-,12-/m0/s1. The molecule has 9 heteroatoms. The highest BCUT2D eigenvalue weighted by Crippen LogP contribution is 2.27. The summed E-state index contributed by atoms with van der Waals surface area (Å²) < 4.78 is 33.4. The lowest BCUT2D eigenvalue weighted by atomic mass is 9.99. The molecule has 0 saturated carbocycles. The Kier molecular flexibility index (Phi) is 5.99. The van der Waals surface area contributed by atoms with E-state index in [1.165, 1.54) is 8.61 Å². The number of carbonyl (C=O) groups is 2. The Balaban J connectivity index is 2.18. The molecule has 0 aromatic carbocycles. The Morgan fingerprint density at radius 2 is 1.91 bits per heavy atom. The van der Waals surface area contributed by atoms with Gasteiger partial charge >= 0.3 is 5.97 Å². The number of rotatable bonds is 5. The van der Waals surface area contributed by atoms with Crippen molar-refractivity contribution in [3.05, 3.63) is 0 Å². The Morgan fingerprint density at radius 3 is 2.57 bits per heavy atom. The summed E-state index contributed by atoms with van der Waals surface area (Å²) in [5.74, 6) is -1.45. The number of nitrogens with zero attached hydrogens (tertiary/aromatic N) is 2. The highest BCUT2D eigenvalue weighted by molar-refractivity contribution is 7.86. The minimum absolute atomic E-state index is 0.0870. The van der Waals surface area contributed by atoms with Crippen LogP contribution in [0.1, 0.15) is 39.0 Å². The molecular weight excluding hydrogens is 322 g/mol. The normalized spacial score (nSPS) is 27.5. The second-order valence-electron chi connectivity index (χ2n) is 5.98. The van der Waals surface area contributed by atoms with Gasteiger partial charge in [0.1, 0.15) is 6.04 Å². The SMILES string of the molecule is CCOC(=O)[C@@H]1CCCCN1S(=O)(=O)N1CCC[C@H](C(N)=O)C1. The van der Waals surface area contributed by atoms with Gasteiger partial charge in [0.15, 0.2) is 0 Å². The highest BCUT2D eigenvalue weighted by atomic mass is 32.2. The predicted octanol–water partition coefficient (Wildman–Crippen LogP) is -0.154. The molecule has 0 spiro atoms. The fraction of sp³-hybridized carbons (Fsp3) is 0.857. The molecule has 0 aliphatic carbocycles. The number of esters is 1. The minimum Gasteiger partial charge on any atom is -0.465 e. The number of hydrogen-bond acceptors (Lipinski definition) is 5. The molecule has 0 bridgehead atoms. The largest absolute Gasteiger partial charge is 0.465 e. The first kappa shape index (κ1) is 18.2. The summed E-state index contributed by atoms with van der Waals surface area (Å²) in [6.07, 6.45) is 3.15. The molecule has 2 aliphatic rings. The molecular formula is C14H25N3O5S. The zero-order valence-electron chi connectivity index (χ0n) is 13.4. The third-order valence-electron chi connectivity index (χ3n) is 4.42. The van der Waals surface area contributed by atoms with Crippen molar-refractivity contribution in [3.63, 3.8) is 0 Å². The summed E-state index contributed by atoms with van der Waals surface area (Å²) >= 11 is 0.